The lowest BCUT2D eigenvalue weighted by molar-refractivity contribution is -0.141. The summed E-state index contributed by atoms with van der Waals surface area (Å²) >= 11 is 12.1. The minimum absolute atomic E-state index is 0.114. The Kier molecular flexibility index (Phi) is 10.5. The highest BCUT2D eigenvalue weighted by Crippen LogP contribution is 2.19. The van der Waals surface area contributed by atoms with Crippen molar-refractivity contribution in [3.63, 3.8) is 0 Å². The van der Waals surface area contributed by atoms with Crippen LogP contribution in [0.15, 0.2) is 78.9 Å². The number of benzene rings is 3. The summed E-state index contributed by atoms with van der Waals surface area (Å²) in [6.45, 7) is 3.02. The highest BCUT2D eigenvalue weighted by molar-refractivity contribution is 6.30. The van der Waals surface area contributed by atoms with Crippen LogP contribution < -0.4 is 10.1 Å². The molecule has 0 saturated heterocycles. The minimum Gasteiger partial charge on any atom is -0.494 e. The molecule has 5 nitrogen and oxygen atoms in total. The molecule has 0 fully saturated rings. The van der Waals surface area contributed by atoms with E-state index in [0.29, 0.717) is 41.8 Å². The number of carbonyl (C=O) groups is 2. The van der Waals surface area contributed by atoms with Crippen LogP contribution in [0.2, 0.25) is 10.0 Å². The van der Waals surface area contributed by atoms with Gasteiger partial charge < -0.3 is 15.0 Å². The molecule has 3 aromatic carbocycles. The molecule has 184 valence electrons. The molecule has 0 radical (unpaired) electrons. The van der Waals surface area contributed by atoms with E-state index in [-0.39, 0.29) is 24.8 Å². The summed E-state index contributed by atoms with van der Waals surface area (Å²) in [6, 6.07) is 23.5. The molecule has 0 aliphatic carbocycles. The molecule has 0 bridgehead atoms. The van der Waals surface area contributed by atoms with Gasteiger partial charge in [-0.25, -0.2) is 0 Å². The average molecular weight is 513 g/mol. The van der Waals surface area contributed by atoms with Crippen LogP contribution in [0.25, 0.3) is 0 Å². The summed E-state index contributed by atoms with van der Waals surface area (Å²) in [6.07, 6.45) is 1.18. The number of hydrogen-bond acceptors (Lipinski definition) is 3. The number of ether oxygens (including phenoxy) is 1. The molecule has 1 N–H and O–H groups in total. The lowest BCUT2D eigenvalue weighted by Gasteiger charge is -2.31. The van der Waals surface area contributed by atoms with Crippen molar-refractivity contribution in [1.82, 2.24) is 10.2 Å². The predicted octanol–water partition coefficient (Wildman–Crippen LogP) is 5.93. The van der Waals surface area contributed by atoms with Gasteiger partial charge in [0, 0.05) is 36.0 Å². The molecule has 0 aliphatic heterocycles. The van der Waals surface area contributed by atoms with Crippen molar-refractivity contribution in [2.75, 3.05) is 13.2 Å². The Balaban J connectivity index is 1.76. The lowest BCUT2D eigenvalue weighted by atomic mass is 10.0. The first kappa shape index (κ1) is 26.6. The molecule has 2 amide bonds. The standard InChI is InChI=1S/C28H30Cl2N2O3/c1-2-31-28(34)26(19-21-8-4-3-5-9-21)32(20-22-10-6-11-24(30)18-22)27(33)12-7-17-35-25-15-13-23(29)14-16-25/h3-6,8-11,13-16,18,26H,2,7,12,17,19-20H2,1H3,(H,31,34). The highest BCUT2D eigenvalue weighted by Gasteiger charge is 2.29. The first-order valence-corrected chi connectivity index (χ1v) is 12.5. The minimum atomic E-state index is -0.652. The van der Waals surface area contributed by atoms with Crippen molar-refractivity contribution in [3.05, 3.63) is 100 Å². The van der Waals surface area contributed by atoms with Crippen molar-refractivity contribution in [2.45, 2.75) is 38.8 Å². The first-order chi connectivity index (χ1) is 17.0. The molecule has 0 spiro atoms. The largest absolute Gasteiger partial charge is 0.494 e. The zero-order chi connectivity index (χ0) is 25.0. The van der Waals surface area contributed by atoms with Crippen LogP contribution in [-0.2, 0) is 22.6 Å². The highest BCUT2D eigenvalue weighted by atomic mass is 35.5. The molecule has 1 unspecified atom stereocenters. The third kappa shape index (κ3) is 8.61. The van der Waals surface area contributed by atoms with E-state index in [9.17, 15) is 9.59 Å². The fourth-order valence-electron chi connectivity index (χ4n) is 3.77. The lowest BCUT2D eigenvalue weighted by Crippen LogP contribution is -2.50. The van der Waals surface area contributed by atoms with Crippen molar-refractivity contribution in [1.29, 1.82) is 0 Å². The van der Waals surface area contributed by atoms with E-state index in [0.717, 1.165) is 11.1 Å². The van der Waals surface area contributed by atoms with Crippen LogP contribution >= 0.6 is 23.2 Å². The second-order valence-electron chi connectivity index (χ2n) is 8.16. The maximum Gasteiger partial charge on any atom is 0.243 e. The molecule has 1 atom stereocenters. The van der Waals surface area contributed by atoms with Crippen molar-refractivity contribution >= 4 is 35.0 Å². The first-order valence-electron chi connectivity index (χ1n) is 11.7. The maximum atomic E-state index is 13.5. The molecule has 7 heteroatoms. The normalized spacial score (nSPS) is 11.5. The Hall–Kier alpha value is -3.02. The van der Waals surface area contributed by atoms with Gasteiger partial charge in [-0.3, -0.25) is 9.59 Å². The van der Waals surface area contributed by atoms with Gasteiger partial charge in [0.1, 0.15) is 11.8 Å². The van der Waals surface area contributed by atoms with Crippen LogP contribution in [0.5, 0.6) is 5.75 Å². The molecule has 3 aromatic rings. The fraction of sp³-hybridized carbons (Fsp3) is 0.286. The van der Waals surface area contributed by atoms with Gasteiger partial charge in [-0.1, -0.05) is 65.7 Å². The van der Waals surface area contributed by atoms with E-state index < -0.39 is 6.04 Å². The van der Waals surface area contributed by atoms with E-state index in [1.807, 2.05) is 55.5 Å². The number of rotatable bonds is 12. The zero-order valence-corrected chi connectivity index (χ0v) is 21.3. The molecular weight excluding hydrogens is 483 g/mol. The SMILES string of the molecule is CCNC(=O)C(Cc1ccccc1)N(Cc1cccc(Cl)c1)C(=O)CCCOc1ccc(Cl)cc1. The van der Waals surface area contributed by atoms with Gasteiger partial charge in [-0.2, -0.15) is 0 Å². The summed E-state index contributed by atoms with van der Waals surface area (Å²) in [5, 5.41) is 4.12. The second-order valence-corrected chi connectivity index (χ2v) is 9.03. The van der Waals surface area contributed by atoms with E-state index in [2.05, 4.69) is 5.32 Å². The number of carbonyl (C=O) groups excluding carboxylic acids is 2. The van der Waals surface area contributed by atoms with Crippen LogP contribution in [-0.4, -0.2) is 35.9 Å². The maximum absolute atomic E-state index is 13.5. The van der Waals surface area contributed by atoms with Gasteiger partial charge in [0.05, 0.1) is 6.61 Å². The molecule has 0 saturated carbocycles. The van der Waals surface area contributed by atoms with Gasteiger partial charge in [0.25, 0.3) is 0 Å². The zero-order valence-electron chi connectivity index (χ0n) is 19.8. The van der Waals surface area contributed by atoms with E-state index in [1.54, 1.807) is 35.2 Å². The topological polar surface area (TPSA) is 58.6 Å². The number of likely N-dealkylation sites (N-methyl/N-ethyl adjacent to an activating group) is 1. The summed E-state index contributed by atoms with van der Waals surface area (Å²) in [5.74, 6) is 0.405. The Morgan fingerprint density at radius 1 is 0.914 bits per heavy atom. The molecule has 0 aromatic heterocycles. The smallest absolute Gasteiger partial charge is 0.243 e. The molecule has 35 heavy (non-hydrogen) atoms. The third-order valence-corrected chi connectivity index (χ3v) is 5.97. The Labute approximate surface area is 217 Å². The van der Waals surface area contributed by atoms with E-state index in [4.69, 9.17) is 27.9 Å². The Morgan fingerprint density at radius 2 is 1.63 bits per heavy atom. The van der Waals surface area contributed by atoms with Crippen molar-refractivity contribution in [2.24, 2.45) is 0 Å². The number of nitrogens with one attached hydrogen (secondary N) is 1. The van der Waals surface area contributed by atoms with Crippen LogP contribution in [0.1, 0.15) is 30.9 Å². The number of nitrogens with zero attached hydrogens (tertiary/aromatic N) is 1. The van der Waals surface area contributed by atoms with Crippen LogP contribution in [0.3, 0.4) is 0 Å². The van der Waals surface area contributed by atoms with Crippen LogP contribution in [0, 0.1) is 0 Å². The molecular formula is C28H30Cl2N2O3. The monoisotopic (exact) mass is 512 g/mol. The van der Waals surface area contributed by atoms with Gasteiger partial charge in [0.2, 0.25) is 11.8 Å². The predicted molar refractivity (Wildman–Crippen MR) is 141 cm³/mol. The Morgan fingerprint density at radius 3 is 2.31 bits per heavy atom. The molecule has 0 heterocycles. The number of hydrogen-bond donors (Lipinski definition) is 1. The fourth-order valence-corrected chi connectivity index (χ4v) is 4.10. The summed E-state index contributed by atoms with van der Waals surface area (Å²) < 4.78 is 5.74. The Bertz CT molecular complexity index is 1090. The molecule has 0 aliphatic rings. The number of amides is 2. The van der Waals surface area contributed by atoms with Crippen LogP contribution in [0.4, 0.5) is 0 Å². The molecule has 3 rings (SSSR count). The summed E-state index contributed by atoms with van der Waals surface area (Å²) in [5.41, 5.74) is 1.85. The summed E-state index contributed by atoms with van der Waals surface area (Å²) in [7, 11) is 0. The van der Waals surface area contributed by atoms with Gasteiger partial charge >= 0.3 is 0 Å². The van der Waals surface area contributed by atoms with Gasteiger partial charge in [0.15, 0.2) is 0 Å². The van der Waals surface area contributed by atoms with Crippen molar-refractivity contribution < 1.29 is 14.3 Å². The van der Waals surface area contributed by atoms with Gasteiger partial charge in [-0.05, 0) is 60.9 Å². The quantitative estimate of drug-likeness (QED) is 0.306. The van der Waals surface area contributed by atoms with E-state index >= 15 is 0 Å². The van der Waals surface area contributed by atoms with Gasteiger partial charge in [-0.15, -0.1) is 0 Å². The average Bonchev–Trinajstić information content (AvgIpc) is 2.86. The number of halogens is 2. The third-order valence-electron chi connectivity index (χ3n) is 5.48. The summed E-state index contributed by atoms with van der Waals surface area (Å²) in [4.78, 5) is 28.3. The van der Waals surface area contributed by atoms with E-state index in [1.165, 1.54) is 0 Å². The van der Waals surface area contributed by atoms with Crippen molar-refractivity contribution in [3.8, 4) is 5.75 Å². The second kappa shape index (κ2) is 13.8.